The Morgan fingerprint density at radius 3 is 3.14 bits per heavy atom. The van der Waals surface area contributed by atoms with Gasteiger partial charge in [-0.05, 0) is 19.3 Å². The van der Waals surface area contributed by atoms with Crippen LogP contribution in [-0.2, 0) is 17.6 Å². The molecule has 0 radical (unpaired) electrons. The van der Waals surface area contributed by atoms with Crippen LogP contribution < -0.4 is 0 Å². The van der Waals surface area contributed by atoms with Crippen LogP contribution in [0.1, 0.15) is 36.5 Å². The smallest absolute Gasteiger partial charge is 0.228 e. The molecular formula is C14H19N5OS. The molecule has 1 aliphatic rings. The number of carbonyl (C=O) groups excluding carboxylic acids is 1. The number of aromatic nitrogens is 4. The van der Waals surface area contributed by atoms with Gasteiger partial charge in [-0.25, -0.2) is 14.6 Å². The molecule has 3 rings (SSSR count). The quantitative estimate of drug-likeness (QED) is 0.862. The lowest BCUT2D eigenvalue weighted by Gasteiger charge is -2.32. The maximum atomic E-state index is 12.4. The highest BCUT2D eigenvalue weighted by Gasteiger charge is 2.25. The van der Waals surface area contributed by atoms with Gasteiger partial charge in [0.25, 0.3) is 0 Å². The highest BCUT2D eigenvalue weighted by Crippen LogP contribution is 2.21. The van der Waals surface area contributed by atoms with Crippen LogP contribution in [0.5, 0.6) is 0 Å². The number of nitrogens with zero attached hydrogens (tertiary/aromatic N) is 5. The number of rotatable bonds is 4. The summed E-state index contributed by atoms with van der Waals surface area (Å²) < 4.78 is 1.86. The van der Waals surface area contributed by atoms with Crippen molar-refractivity contribution < 1.29 is 4.79 Å². The lowest BCUT2D eigenvalue weighted by Crippen LogP contribution is -2.41. The van der Waals surface area contributed by atoms with E-state index >= 15 is 0 Å². The van der Waals surface area contributed by atoms with Gasteiger partial charge in [0.05, 0.1) is 23.2 Å². The SMILES string of the molecule is CCc1nc(CC(=O)N2CCC[C@@H](n3cncn3)C2)cs1. The second kappa shape index (κ2) is 6.34. The minimum Gasteiger partial charge on any atom is -0.340 e. The van der Waals surface area contributed by atoms with Gasteiger partial charge in [0, 0.05) is 18.5 Å². The molecule has 3 heterocycles. The molecule has 6 nitrogen and oxygen atoms in total. The minimum absolute atomic E-state index is 0.160. The zero-order chi connectivity index (χ0) is 14.7. The van der Waals surface area contributed by atoms with Crippen LogP contribution in [0.4, 0.5) is 0 Å². The largest absolute Gasteiger partial charge is 0.340 e. The first kappa shape index (κ1) is 14.2. The van der Waals surface area contributed by atoms with Crippen LogP contribution in [-0.4, -0.2) is 43.6 Å². The molecule has 2 aromatic rings. The molecule has 7 heteroatoms. The summed E-state index contributed by atoms with van der Waals surface area (Å²) in [6.07, 6.45) is 6.66. The van der Waals surface area contributed by atoms with Crippen molar-refractivity contribution in [3.8, 4) is 0 Å². The third kappa shape index (κ3) is 3.29. The van der Waals surface area contributed by atoms with Gasteiger partial charge in [-0.1, -0.05) is 6.92 Å². The van der Waals surface area contributed by atoms with Crippen LogP contribution in [0.2, 0.25) is 0 Å². The number of aryl methyl sites for hydroxylation is 1. The van der Waals surface area contributed by atoms with E-state index in [0.29, 0.717) is 13.0 Å². The van der Waals surface area contributed by atoms with Crippen LogP contribution >= 0.6 is 11.3 Å². The molecule has 1 aliphatic heterocycles. The van der Waals surface area contributed by atoms with Gasteiger partial charge in [0.15, 0.2) is 0 Å². The maximum Gasteiger partial charge on any atom is 0.228 e. The van der Waals surface area contributed by atoms with Crippen LogP contribution in [0.3, 0.4) is 0 Å². The normalized spacial score (nSPS) is 18.9. The molecule has 21 heavy (non-hydrogen) atoms. The lowest BCUT2D eigenvalue weighted by atomic mass is 10.1. The number of carbonyl (C=O) groups is 1. The number of hydrogen-bond acceptors (Lipinski definition) is 5. The van der Waals surface area contributed by atoms with Crippen molar-refractivity contribution >= 4 is 17.2 Å². The Hall–Kier alpha value is -1.76. The van der Waals surface area contributed by atoms with E-state index in [-0.39, 0.29) is 11.9 Å². The fraction of sp³-hybridized carbons (Fsp3) is 0.571. The van der Waals surface area contributed by atoms with E-state index in [1.807, 2.05) is 15.0 Å². The Morgan fingerprint density at radius 2 is 2.43 bits per heavy atom. The molecule has 0 aliphatic carbocycles. The van der Waals surface area contributed by atoms with E-state index < -0.39 is 0 Å². The summed E-state index contributed by atoms with van der Waals surface area (Å²) in [7, 11) is 0. The lowest BCUT2D eigenvalue weighted by molar-refractivity contribution is -0.132. The van der Waals surface area contributed by atoms with Gasteiger partial charge < -0.3 is 4.90 Å². The molecule has 2 aromatic heterocycles. The zero-order valence-electron chi connectivity index (χ0n) is 12.1. The summed E-state index contributed by atoms with van der Waals surface area (Å²) in [6.45, 7) is 3.62. The Morgan fingerprint density at radius 1 is 1.52 bits per heavy atom. The Kier molecular flexibility index (Phi) is 4.28. The van der Waals surface area contributed by atoms with Gasteiger partial charge in [0.1, 0.15) is 12.7 Å². The van der Waals surface area contributed by atoms with E-state index in [2.05, 4.69) is 22.0 Å². The Bertz CT molecular complexity index is 594. The van der Waals surface area contributed by atoms with E-state index in [9.17, 15) is 4.79 Å². The van der Waals surface area contributed by atoms with Crippen molar-refractivity contribution in [2.45, 2.75) is 38.6 Å². The van der Waals surface area contributed by atoms with E-state index in [4.69, 9.17) is 0 Å². The maximum absolute atomic E-state index is 12.4. The van der Waals surface area contributed by atoms with Gasteiger partial charge in [-0.15, -0.1) is 11.3 Å². The fourth-order valence-electron chi connectivity index (χ4n) is 2.66. The van der Waals surface area contributed by atoms with Crippen molar-refractivity contribution in [2.24, 2.45) is 0 Å². The first-order valence-corrected chi connectivity index (χ1v) is 8.19. The summed E-state index contributed by atoms with van der Waals surface area (Å²) >= 11 is 1.63. The molecule has 0 bridgehead atoms. The molecule has 1 fully saturated rings. The predicted octanol–water partition coefficient (Wildman–Crippen LogP) is 1.70. The van der Waals surface area contributed by atoms with Crippen LogP contribution in [0, 0.1) is 0 Å². The second-order valence-electron chi connectivity index (χ2n) is 5.27. The van der Waals surface area contributed by atoms with Crippen molar-refractivity contribution in [2.75, 3.05) is 13.1 Å². The summed E-state index contributed by atoms with van der Waals surface area (Å²) in [5.41, 5.74) is 0.893. The zero-order valence-corrected chi connectivity index (χ0v) is 12.9. The molecule has 0 saturated carbocycles. The van der Waals surface area contributed by atoms with Gasteiger partial charge in [0.2, 0.25) is 5.91 Å². The molecule has 112 valence electrons. The molecule has 1 amide bonds. The van der Waals surface area contributed by atoms with E-state index in [1.54, 1.807) is 24.0 Å². The number of amides is 1. The number of likely N-dealkylation sites (tertiary alicyclic amines) is 1. The Labute approximate surface area is 127 Å². The molecule has 0 spiro atoms. The topological polar surface area (TPSA) is 63.9 Å². The van der Waals surface area contributed by atoms with E-state index in [0.717, 1.165) is 36.5 Å². The first-order valence-electron chi connectivity index (χ1n) is 7.31. The van der Waals surface area contributed by atoms with Gasteiger partial charge >= 0.3 is 0 Å². The molecule has 0 N–H and O–H groups in total. The third-order valence-electron chi connectivity index (χ3n) is 3.79. The summed E-state index contributed by atoms with van der Waals surface area (Å²) in [6, 6.07) is 0.242. The predicted molar refractivity (Wildman–Crippen MR) is 80.1 cm³/mol. The molecule has 0 unspecified atom stereocenters. The molecule has 1 atom stereocenters. The first-order chi connectivity index (χ1) is 10.3. The monoisotopic (exact) mass is 305 g/mol. The standard InChI is InChI=1S/C14H19N5OS/c1-2-13-17-11(8-21-13)6-14(20)18-5-3-4-12(7-18)19-10-15-9-16-19/h8-10,12H,2-7H2,1H3/t12-/m1/s1. The summed E-state index contributed by atoms with van der Waals surface area (Å²) in [5.74, 6) is 0.160. The minimum atomic E-state index is 0.160. The number of hydrogen-bond donors (Lipinski definition) is 0. The van der Waals surface area contributed by atoms with Crippen molar-refractivity contribution in [3.63, 3.8) is 0 Å². The molecule has 0 aromatic carbocycles. The average Bonchev–Trinajstić information content (AvgIpc) is 3.18. The molecule has 1 saturated heterocycles. The third-order valence-corrected chi connectivity index (χ3v) is 4.84. The fourth-order valence-corrected chi connectivity index (χ4v) is 3.41. The second-order valence-corrected chi connectivity index (χ2v) is 6.22. The number of piperidine rings is 1. The van der Waals surface area contributed by atoms with Gasteiger partial charge in [-0.3, -0.25) is 4.79 Å². The van der Waals surface area contributed by atoms with E-state index in [1.165, 1.54) is 0 Å². The van der Waals surface area contributed by atoms with Crippen molar-refractivity contribution in [3.05, 3.63) is 28.7 Å². The highest BCUT2D eigenvalue weighted by atomic mass is 32.1. The van der Waals surface area contributed by atoms with Crippen molar-refractivity contribution in [1.82, 2.24) is 24.6 Å². The molecular weight excluding hydrogens is 286 g/mol. The van der Waals surface area contributed by atoms with Gasteiger partial charge in [-0.2, -0.15) is 5.10 Å². The van der Waals surface area contributed by atoms with Crippen LogP contribution in [0.15, 0.2) is 18.0 Å². The number of thiazole rings is 1. The summed E-state index contributed by atoms with van der Waals surface area (Å²) in [5, 5.41) is 7.28. The summed E-state index contributed by atoms with van der Waals surface area (Å²) in [4.78, 5) is 22.8. The Balaban J connectivity index is 1.61. The highest BCUT2D eigenvalue weighted by molar-refractivity contribution is 7.09. The van der Waals surface area contributed by atoms with Crippen molar-refractivity contribution in [1.29, 1.82) is 0 Å². The average molecular weight is 305 g/mol. The van der Waals surface area contributed by atoms with Crippen LogP contribution in [0.25, 0.3) is 0 Å².